The first-order valence-electron chi connectivity index (χ1n) is 11.5. The molecule has 0 bridgehead atoms. The van der Waals surface area contributed by atoms with E-state index in [2.05, 4.69) is 34.7 Å². The van der Waals surface area contributed by atoms with Gasteiger partial charge in [0, 0.05) is 49.4 Å². The zero-order chi connectivity index (χ0) is 22.2. The van der Waals surface area contributed by atoms with Crippen molar-refractivity contribution >= 4 is 17.0 Å². The van der Waals surface area contributed by atoms with Gasteiger partial charge in [0.05, 0.1) is 17.1 Å². The molecule has 1 fully saturated rings. The van der Waals surface area contributed by atoms with Crippen LogP contribution in [0, 0.1) is 6.92 Å². The Hall–Kier alpha value is -3.19. The maximum absolute atomic E-state index is 13.0. The summed E-state index contributed by atoms with van der Waals surface area (Å²) in [4.78, 5) is 27.1. The van der Waals surface area contributed by atoms with E-state index in [4.69, 9.17) is 4.98 Å². The molecule has 0 spiro atoms. The lowest BCUT2D eigenvalue weighted by Gasteiger charge is -2.38. The van der Waals surface area contributed by atoms with Crippen molar-refractivity contribution in [2.75, 3.05) is 31.1 Å². The summed E-state index contributed by atoms with van der Waals surface area (Å²) in [7, 11) is 0. The van der Waals surface area contributed by atoms with E-state index in [0.29, 0.717) is 17.4 Å². The molecule has 32 heavy (non-hydrogen) atoms. The maximum Gasteiger partial charge on any atom is 0.258 e. The molecular formula is C25H30N6O. The van der Waals surface area contributed by atoms with Gasteiger partial charge in [0.15, 0.2) is 0 Å². The Kier molecular flexibility index (Phi) is 5.43. The average Bonchev–Trinajstić information content (AvgIpc) is 3.19. The summed E-state index contributed by atoms with van der Waals surface area (Å²) in [5.74, 6) is 0. The first-order valence-corrected chi connectivity index (χ1v) is 11.5. The molecule has 5 heterocycles. The Bertz CT molecular complexity index is 1310. The second-order valence-corrected chi connectivity index (χ2v) is 8.60. The van der Waals surface area contributed by atoms with E-state index in [0.717, 1.165) is 61.6 Å². The molecule has 0 unspecified atom stereocenters. The number of hydrogen-bond acceptors (Lipinski definition) is 5. The predicted molar refractivity (Wildman–Crippen MR) is 129 cm³/mol. The number of imidazole rings is 1. The first-order chi connectivity index (χ1) is 15.6. The van der Waals surface area contributed by atoms with E-state index in [1.54, 1.807) is 10.5 Å². The van der Waals surface area contributed by atoms with Gasteiger partial charge in [0.2, 0.25) is 0 Å². The van der Waals surface area contributed by atoms with Crippen LogP contribution in [-0.4, -0.2) is 55.9 Å². The van der Waals surface area contributed by atoms with Gasteiger partial charge in [-0.25, -0.2) is 9.97 Å². The molecule has 0 amide bonds. The van der Waals surface area contributed by atoms with Crippen molar-refractivity contribution in [1.29, 1.82) is 0 Å². The van der Waals surface area contributed by atoms with Crippen LogP contribution in [0.3, 0.4) is 0 Å². The van der Waals surface area contributed by atoms with Crippen LogP contribution < -0.4 is 10.5 Å². The summed E-state index contributed by atoms with van der Waals surface area (Å²) in [6.45, 7) is 10.7. The lowest BCUT2D eigenvalue weighted by molar-refractivity contribution is 0.186. The lowest BCUT2D eigenvalue weighted by Crippen LogP contribution is -2.45. The maximum atomic E-state index is 13.0. The third-order valence-electron chi connectivity index (χ3n) is 6.67. The third-order valence-corrected chi connectivity index (χ3v) is 6.67. The minimum absolute atomic E-state index is 0.0632. The van der Waals surface area contributed by atoms with Gasteiger partial charge >= 0.3 is 0 Å². The van der Waals surface area contributed by atoms with Gasteiger partial charge in [-0.15, -0.1) is 0 Å². The molecule has 1 saturated heterocycles. The van der Waals surface area contributed by atoms with E-state index in [-0.39, 0.29) is 5.56 Å². The van der Waals surface area contributed by atoms with Crippen LogP contribution in [-0.2, 0) is 0 Å². The third kappa shape index (κ3) is 3.77. The average molecular weight is 431 g/mol. The van der Waals surface area contributed by atoms with Crippen LogP contribution in [0.15, 0.2) is 53.7 Å². The normalized spacial score (nSPS) is 15.3. The van der Waals surface area contributed by atoms with Crippen molar-refractivity contribution in [3.8, 4) is 11.3 Å². The highest BCUT2D eigenvalue weighted by atomic mass is 16.1. The molecule has 5 rings (SSSR count). The minimum atomic E-state index is -0.0632. The highest BCUT2D eigenvalue weighted by molar-refractivity contribution is 5.64. The molecule has 1 aliphatic heterocycles. The molecule has 0 aliphatic carbocycles. The molecule has 1 aliphatic rings. The van der Waals surface area contributed by atoms with E-state index < -0.39 is 0 Å². The van der Waals surface area contributed by atoms with Gasteiger partial charge in [0.1, 0.15) is 11.3 Å². The number of pyridine rings is 2. The molecule has 0 atom stereocenters. The van der Waals surface area contributed by atoms with E-state index in [9.17, 15) is 4.79 Å². The number of aryl methyl sites for hydroxylation is 1. The smallest absolute Gasteiger partial charge is 0.258 e. The van der Waals surface area contributed by atoms with Crippen molar-refractivity contribution in [3.63, 3.8) is 0 Å². The van der Waals surface area contributed by atoms with Gasteiger partial charge in [-0.05, 0) is 57.1 Å². The summed E-state index contributed by atoms with van der Waals surface area (Å²) >= 11 is 0. The number of hydrogen-bond donors (Lipinski definition) is 0. The first kappa shape index (κ1) is 20.7. The summed E-state index contributed by atoms with van der Waals surface area (Å²) in [6.07, 6.45) is 8.20. The van der Waals surface area contributed by atoms with Gasteiger partial charge in [0.25, 0.3) is 5.56 Å². The molecule has 7 nitrogen and oxygen atoms in total. The molecule has 0 aromatic carbocycles. The minimum Gasteiger partial charge on any atom is -0.370 e. The summed E-state index contributed by atoms with van der Waals surface area (Å²) in [5.41, 5.74) is 5.11. The van der Waals surface area contributed by atoms with Gasteiger partial charge in [-0.3, -0.25) is 9.20 Å². The highest BCUT2D eigenvalue weighted by Gasteiger charge is 2.23. The summed E-state index contributed by atoms with van der Waals surface area (Å²) in [5, 5.41) is 0. The fraction of sp³-hybridized carbons (Fsp3) is 0.400. The number of fused-ring (bicyclic) bond motifs is 2. The molecule has 7 heteroatoms. The van der Waals surface area contributed by atoms with Gasteiger partial charge < -0.3 is 14.2 Å². The fourth-order valence-electron chi connectivity index (χ4n) is 4.93. The van der Waals surface area contributed by atoms with Crippen LogP contribution in [0.1, 0.15) is 32.4 Å². The van der Waals surface area contributed by atoms with Gasteiger partial charge in [-0.2, -0.15) is 0 Å². The zero-order valence-electron chi connectivity index (χ0n) is 19.0. The molecule has 166 valence electrons. The number of piperidine rings is 1. The van der Waals surface area contributed by atoms with Crippen molar-refractivity contribution in [3.05, 3.63) is 65.0 Å². The standard InChI is InChI=1S/C25H30N6O/c1-4-28(5-2)20-10-12-29(13-11-20)21-7-9-24-27-22(14-25(32)31(24)17-21)19-6-8-23-26-18(3)15-30(23)16-19/h6-9,14-17,20H,4-5,10-13H2,1-3H3. The Morgan fingerprint density at radius 2 is 1.72 bits per heavy atom. The van der Waals surface area contributed by atoms with E-state index in [1.807, 2.05) is 48.1 Å². The van der Waals surface area contributed by atoms with Crippen LogP contribution in [0.4, 0.5) is 5.69 Å². The molecular weight excluding hydrogens is 400 g/mol. The Labute approximate surface area is 187 Å². The Morgan fingerprint density at radius 1 is 0.969 bits per heavy atom. The highest BCUT2D eigenvalue weighted by Crippen LogP contribution is 2.24. The molecule has 0 radical (unpaired) electrons. The van der Waals surface area contributed by atoms with Crippen molar-refractivity contribution < 1.29 is 0 Å². The van der Waals surface area contributed by atoms with Gasteiger partial charge in [-0.1, -0.05) is 13.8 Å². The Morgan fingerprint density at radius 3 is 2.47 bits per heavy atom. The molecule has 0 N–H and O–H groups in total. The van der Waals surface area contributed by atoms with E-state index in [1.165, 1.54) is 0 Å². The van der Waals surface area contributed by atoms with Crippen molar-refractivity contribution in [2.24, 2.45) is 0 Å². The topological polar surface area (TPSA) is 58.2 Å². The molecule has 0 saturated carbocycles. The zero-order valence-corrected chi connectivity index (χ0v) is 19.0. The number of nitrogens with zero attached hydrogens (tertiary/aromatic N) is 6. The Balaban J connectivity index is 1.42. The van der Waals surface area contributed by atoms with Crippen molar-refractivity contribution in [1.82, 2.24) is 23.7 Å². The largest absolute Gasteiger partial charge is 0.370 e. The van der Waals surface area contributed by atoms with Crippen LogP contribution in [0.2, 0.25) is 0 Å². The summed E-state index contributed by atoms with van der Waals surface area (Å²) in [6, 6.07) is 10.2. The van der Waals surface area contributed by atoms with Crippen LogP contribution in [0.5, 0.6) is 0 Å². The van der Waals surface area contributed by atoms with Crippen LogP contribution >= 0.6 is 0 Å². The lowest BCUT2D eigenvalue weighted by atomic mass is 10.0. The second kappa shape index (κ2) is 8.39. The van der Waals surface area contributed by atoms with Crippen molar-refractivity contribution in [2.45, 2.75) is 39.7 Å². The summed E-state index contributed by atoms with van der Waals surface area (Å²) < 4.78 is 3.63. The molecule has 4 aromatic heterocycles. The molecule has 4 aromatic rings. The fourth-order valence-corrected chi connectivity index (χ4v) is 4.93. The number of aromatic nitrogens is 4. The monoisotopic (exact) mass is 430 g/mol. The number of anilines is 1. The SMILES string of the molecule is CCN(CC)C1CCN(c2ccc3nc(-c4ccc5nc(C)cn5c4)cc(=O)n3c2)CC1. The number of rotatable bonds is 5. The quantitative estimate of drug-likeness (QED) is 0.484. The van der Waals surface area contributed by atoms with E-state index >= 15 is 0 Å². The predicted octanol–water partition coefficient (Wildman–Crippen LogP) is 3.63. The second-order valence-electron chi connectivity index (χ2n) is 8.60. The van der Waals surface area contributed by atoms with Crippen LogP contribution in [0.25, 0.3) is 22.6 Å².